The first-order chi connectivity index (χ1) is 21.7. The fourth-order valence-corrected chi connectivity index (χ4v) is 8.89. The van der Waals surface area contributed by atoms with E-state index in [1.165, 1.54) is 21.8 Å². The Hall–Kier alpha value is -2.83. The van der Waals surface area contributed by atoms with E-state index in [1.807, 2.05) is 0 Å². The molecular formula is C20H24N12O10P2S2-2. The van der Waals surface area contributed by atoms with Gasteiger partial charge in [-0.3, -0.25) is 38.9 Å². The average molecular weight is 719 g/mol. The van der Waals surface area contributed by atoms with Crippen LogP contribution in [0, 0.1) is 0 Å². The van der Waals surface area contributed by atoms with Crippen LogP contribution in [0.25, 0.3) is 22.3 Å². The van der Waals surface area contributed by atoms with Crippen molar-refractivity contribution >= 4 is 71.6 Å². The lowest BCUT2D eigenvalue weighted by Crippen LogP contribution is -2.49. The molecule has 4 aromatic heterocycles. The molecule has 4 aromatic rings. The summed E-state index contributed by atoms with van der Waals surface area (Å²) in [4.78, 5) is 58.8. The maximum absolute atomic E-state index is 13.5. The van der Waals surface area contributed by atoms with Gasteiger partial charge in [0.2, 0.25) is 11.9 Å². The van der Waals surface area contributed by atoms with Crippen molar-refractivity contribution < 1.29 is 38.2 Å². The van der Waals surface area contributed by atoms with E-state index in [4.69, 9.17) is 54.0 Å². The molecule has 46 heavy (non-hydrogen) atoms. The standard InChI is InChI=1S/C20H26N12O10P2S2/c21-19-25-13-9(15(35)27-19)23-3-31(13)17-11(33)7-5(41-17)1-39-43(37,45)30-8-6(2-40-44(38,46)29-7)42-18(12(8)34)32-4-24-10-14(32)26-20(22)28-16(10)36/h3-8,11-12,17-18,33-34H,1-2H2,(H2,29,38,46)(H2,30,37,45)(H3,21,25,27,35)(H3,22,26,28,36)/p-2/t5-,6-,7-,8-,11-,12-,17-,18-,43?,44?/m1/s1. The van der Waals surface area contributed by atoms with Gasteiger partial charge in [0.25, 0.3) is 11.1 Å². The molecule has 0 aliphatic carbocycles. The Morgan fingerprint density at radius 2 is 1.35 bits per heavy atom. The number of rotatable bonds is 2. The first-order valence-electron chi connectivity index (χ1n) is 13.3. The number of H-pyrrole nitrogens is 2. The zero-order valence-corrected chi connectivity index (χ0v) is 26.3. The summed E-state index contributed by atoms with van der Waals surface area (Å²) in [6.45, 7) is -9.47. The molecule has 0 spiro atoms. The number of nitrogens with zero attached hydrogens (tertiary/aromatic N) is 6. The Kier molecular flexibility index (Phi) is 7.87. The number of aromatic nitrogens is 8. The van der Waals surface area contributed by atoms with Crippen molar-refractivity contribution in [2.45, 2.75) is 49.0 Å². The monoisotopic (exact) mass is 718 g/mol. The number of nitrogen functional groups attached to an aromatic ring is 2. The van der Waals surface area contributed by atoms with Crippen LogP contribution in [0.4, 0.5) is 11.9 Å². The zero-order chi connectivity index (χ0) is 32.7. The Bertz CT molecular complexity index is 1910. The number of nitrogens with one attached hydrogen (secondary N) is 4. The van der Waals surface area contributed by atoms with Gasteiger partial charge in [0, 0.05) is 0 Å². The lowest BCUT2D eigenvalue weighted by atomic mass is 10.1. The molecule has 0 aromatic carbocycles. The maximum atomic E-state index is 13.5. The second kappa shape index (κ2) is 11.4. The molecule has 2 unspecified atom stereocenters. The van der Waals surface area contributed by atoms with Crippen molar-refractivity contribution in [3.63, 3.8) is 0 Å². The molecule has 3 aliphatic rings. The first kappa shape index (κ1) is 31.8. The molecule has 3 fully saturated rings. The fourth-order valence-electron chi connectivity index (χ4n) is 5.59. The van der Waals surface area contributed by atoms with Crippen LogP contribution in [0.15, 0.2) is 22.2 Å². The van der Waals surface area contributed by atoms with Crippen LogP contribution in [0.5, 0.6) is 0 Å². The van der Waals surface area contributed by atoms with Gasteiger partial charge in [-0.15, -0.1) is 0 Å². The molecule has 10 N–H and O–H groups in total. The van der Waals surface area contributed by atoms with E-state index in [0.717, 1.165) is 0 Å². The molecule has 7 rings (SSSR count). The Morgan fingerprint density at radius 1 is 0.891 bits per heavy atom. The topological polar surface area (TPSA) is 321 Å². The van der Waals surface area contributed by atoms with Crippen LogP contribution < -0.4 is 37.7 Å². The van der Waals surface area contributed by atoms with Crippen LogP contribution in [-0.2, 0) is 47.1 Å². The van der Waals surface area contributed by atoms with Crippen molar-refractivity contribution in [3.05, 3.63) is 33.4 Å². The van der Waals surface area contributed by atoms with Gasteiger partial charge in [0.15, 0.2) is 34.8 Å². The van der Waals surface area contributed by atoms with Crippen molar-refractivity contribution in [1.29, 1.82) is 0 Å². The number of nitrogens with two attached hydrogens (primary N) is 2. The molecule has 22 nitrogen and oxygen atoms in total. The number of anilines is 2. The van der Waals surface area contributed by atoms with E-state index in [-0.39, 0.29) is 34.2 Å². The normalized spacial score (nSPS) is 37.1. The Balaban J connectivity index is 1.18. The second-order valence-electron chi connectivity index (χ2n) is 10.6. The SMILES string of the molecule is Nc1nc2c(ncn2[C@@H]2O[C@@H]3COP([O-])(=S)N[C@H]4[C@@H](O)[C@H](n5cnc6c(=O)[nH]c(N)nc65)O[C@@H]4COP(=O)([S-])N[C@H]3[C@H]2O)c(=O)[nH]1. The van der Waals surface area contributed by atoms with Gasteiger partial charge in [-0.1, -0.05) is 11.8 Å². The molecule has 0 radical (unpaired) electrons. The summed E-state index contributed by atoms with van der Waals surface area (Å²) >= 11 is 10.4. The van der Waals surface area contributed by atoms with Gasteiger partial charge in [-0.25, -0.2) is 9.97 Å². The third-order valence-corrected chi connectivity index (χ3v) is 11.1. The lowest BCUT2D eigenvalue weighted by Gasteiger charge is -2.38. The minimum absolute atomic E-state index is 0.0152. The Morgan fingerprint density at radius 3 is 1.85 bits per heavy atom. The number of aliphatic hydroxyl groups excluding tert-OH is 2. The molecule has 0 amide bonds. The quantitative estimate of drug-likeness (QED) is 0.0726. The molecule has 3 aliphatic heterocycles. The highest BCUT2D eigenvalue weighted by atomic mass is 32.7. The molecule has 26 heteroatoms. The lowest BCUT2D eigenvalue weighted by molar-refractivity contribution is -0.190. The summed E-state index contributed by atoms with van der Waals surface area (Å²) in [6.07, 6.45) is -5.60. The predicted molar refractivity (Wildman–Crippen MR) is 160 cm³/mol. The highest BCUT2D eigenvalue weighted by Gasteiger charge is 2.49. The van der Waals surface area contributed by atoms with E-state index in [9.17, 15) is 29.3 Å². The number of ether oxygens (including phenoxy) is 2. The smallest absolute Gasteiger partial charge is 0.280 e. The number of aliphatic hydroxyl groups is 2. The minimum atomic E-state index is -4.20. The third-order valence-electron chi connectivity index (χ3n) is 7.63. The van der Waals surface area contributed by atoms with E-state index in [0.29, 0.717) is 0 Å². The summed E-state index contributed by atoms with van der Waals surface area (Å²) in [5, 5.41) is 27.8. The summed E-state index contributed by atoms with van der Waals surface area (Å²) in [5.74, 6) is -0.428. The number of imidazole rings is 2. The zero-order valence-electron chi connectivity index (χ0n) is 22.9. The summed E-state index contributed by atoms with van der Waals surface area (Å²) in [6, 6.07) is -2.49. The van der Waals surface area contributed by atoms with Crippen molar-refractivity contribution in [2.24, 2.45) is 0 Å². The molecule has 7 heterocycles. The van der Waals surface area contributed by atoms with E-state index < -0.39 is 86.7 Å². The van der Waals surface area contributed by atoms with Crippen molar-refractivity contribution in [3.8, 4) is 0 Å². The highest BCUT2D eigenvalue weighted by molar-refractivity contribution is 8.33. The van der Waals surface area contributed by atoms with Gasteiger partial charge >= 0.3 is 0 Å². The van der Waals surface area contributed by atoms with Gasteiger partial charge < -0.3 is 61.9 Å². The minimum Gasteiger partial charge on any atom is -0.789 e. The largest absolute Gasteiger partial charge is 0.789 e. The summed E-state index contributed by atoms with van der Waals surface area (Å²) in [7, 11) is 0. The van der Waals surface area contributed by atoms with Crippen molar-refractivity contribution in [2.75, 3.05) is 24.7 Å². The van der Waals surface area contributed by atoms with E-state index >= 15 is 0 Å². The molecule has 248 valence electrons. The average Bonchev–Trinajstić information content (AvgIpc) is 3.72. The van der Waals surface area contributed by atoms with Gasteiger partial charge in [0.1, 0.15) is 31.1 Å². The van der Waals surface area contributed by atoms with E-state index in [2.05, 4.69) is 40.1 Å². The number of fused-ring (bicyclic) bond motifs is 4. The first-order valence-corrected chi connectivity index (χ1v) is 18.6. The van der Waals surface area contributed by atoms with Crippen LogP contribution in [0.3, 0.4) is 0 Å². The summed E-state index contributed by atoms with van der Waals surface area (Å²) < 4.78 is 39.0. The van der Waals surface area contributed by atoms with E-state index in [1.54, 1.807) is 0 Å². The fraction of sp³-hybridized carbons (Fsp3) is 0.500. The van der Waals surface area contributed by atoms with Crippen LogP contribution in [-0.4, -0.2) is 99.0 Å². The molecule has 3 saturated heterocycles. The molecule has 0 saturated carbocycles. The van der Waals surface area contributed by atoms with Crippen molar-refractivity contribution in [1.82, 2.24) is 49.2 Å². The Labute approximate surface area is 265 Å². The highest BCUT2D eigenvalue weighted by Crippen LogP contribution is 2.47. The van der Waals surface area contributed by atoms with Gasteiger partial charge in [-0.2, -0.15) is 9.97 Å². The van der Waals surface area contributed by atoms with Crippen LogP contribution in [0.2, 0.25) is 0 Å². The molecular weight excluding hydrogens is 694 g/mol. The second-order valence-corrected chi connectivity index (χ2v) is 16.5. The van der Waals surface area contributed by atoms with Crippen LogP contribution >= 0.6 is 13.4 Å². The van der Waals surface area contributed by atoms with Gasteiger partial charge in [-0.05, 0) is 0 Å². The van der Waals surface area contributed by atoms with Gasteiger partial charge in [0.05, 0.1) is 44.6 Å². The number of hydrogen-bond donors (Lipinski definition) is 8. The number of aromatic amines is 2. The maximum Gasteiger partial charge on any atom is 0.280 e. The molecule has 0 bridgehead atoms. The van der Waals surface area contributed by atoms with Crippen LogP contribution in [0.1, 0.15) is 12.5 Å². The summed E-state index contributed by atoms with van der Waals surface area (Å²) in [5.41, 5.74) is 9.90. The molecule has 10 atom stereocenters. The third kappa shape index (κ3) is 5.57. The predicted octanol–water partition coefficient (Wildman–Crippen LogP) is -3.86. The number of hydrogen-bond acceptors (Lipinski definition) is 18.